The van der Waals surface area contributed by atoms with E-state index in [-0.39, 0.29) is 35.5 Å². The van der Waals surface area contributed by atoms with Crippen LogP contribution in [0.2, 0.25) is 0 Å². The second-order valence-electron chi connectivity index (χ2n) is 5.78. The van der Waals surface area contributed by atoms with Crippen molar-refractivity contribution in [1.29, 1.82) is 0 Å². The monoisotopic (exact) mass is 369 g/mol. The van der Waals surface area contributed by atoms with E-state index in [1.807, 2.05) is 0 Å². The third-order valence-corrected chi connectivity index (χ3v) is 4.16. The molecule has 1 N–H and O–H groups in total. The number of halogens is 1. The highest BCUT2D eigenvalue weighted by Gasteiger charge is 2.21. The van der Waals surface area contributed by atoms with Gasteiger partial charge in [-0.2, -0.15) is 0 Å². The third-order valence-electron chi connectivity index (χ3n) is 4.16. The van der Waals surface area contributed by atoms with Crippen molar-refractivity contribution >= 4 is 22.4 Å². The van der Waals surface area contributed by atoms with Gasteiger partial charge in [-0.05, 0) is 29.8 Å². The van der Waals surface area contributed by atoms with Gasteiger partial charge in [-0.1, -0.05) is 6.07 Å². The van der Waals surface area contributed by atoms with Gasteiger partial charge in [0, 0.05) is 18.8 Å². The lowest BCUT2D eigenvalue weighted by molar-refractivity contribution is -0.383. The van der Waals surface area contributed by atoms with Gasteiger partial charge >= 0.3 is 0 Å². The molecule has 2 aromatic carbocycles. The van der Waals surface area contributed by atoms with Gasteiger partial charge in [0.25, 0.3) is 11.6 Å². The first-order valence-electron chi connectivity index (χ1n) is 7.93. The number of amides is 1. The van der Waals surface area contributed by atoms with Crippen molar-refractivity contribution in [3.8, 4) is 11.5 Å². The van der Waals surface area contributed by atoms with E-state index in [2.05, 4.69) is 10.3 Å². The van der Waals surface area contributed by atoms with Crippen LogP contribution in [0.1, 0.15) is 16.1 Å². The zero-order valence-electron chi connectivity index (χ0n) is 13.8. The second kappa shape index (κ2) is 6.52. The zero-order chi connectivity index (χ0) is 19.0. The molecule has 0 atom stereocenters. The highest BCUT2D eigenvalue weighted by atomic mass is 19.1. The molecule has 0 radical (unpaired) electrons. The van der Waals surface area contributed by atoms with E-state index in [0.29, 0.717) is 11.5 Å². The number of nitro benzene ring substituents is 1. The SMILES string of the molecule is O=C(NCc1ccc2c(c1)OCO2)c1nccc2c([N+](=O)[O-])ccc(F)c12. The highest BCUT2D eigenvalue weighted by Crippen LogP contribution is 2.32. The van der Waals surface area contributed by atoms with Crippen LogP contribution in [0, 0.1) is 15.9 Å². The van der Waals surface area contributed by atoms with Crippen molar-refractivity contribution in [3.05, 3.63) is 69.8 Å². The summed E-state index contributed by atoms with van der Waals surface area (Å²) in [5, 5.41) is 13.6. The fourth-order valence-corrected chi connectivity index (χ4v) is 2.89. The highest BCUT2D eigenvalue weighted by molar-refractivity contribution is 6.07. The lowest BCUT2D eigenvalue weighted by Crippen LogP contribution is -2.24. The van der Waals surface area contributed by atoms with Gasteiger partial charge in [0.2, 0.25) is 6.79 Å². The molecule has 0 fully saturated rings. The maximum atomic E-state index is 14.3. The summed E-state index contributed by atoms with van der Waals surface area (Å²) in [6, 6.07) is 8.54. The zero-order valence-corrected chi connectivity index (χ0v) is 13.8. The molecule has 0 spiro atoms. The minimum atomic E-state index is -0.753. The third kappa shape index (κ3) is 2.99. The lowest BCUT2D eigenvalue weighted by atomic mass is 10.1. The molecule has 1 amide bonds. The summed E-state index contributed by atoms with van der Waals surface area (Å²) < 4.78 is 24.8. The predicted molar refractivity (Wildman–Crippen MR) is 92.1 cm³/mol. The standard InChI is InChI=1S/C18H12FN3O5/c19-12-2-3-13(22(24)25)11-5-6-20-17(16(11)12)18(23)21-8-10-1-4-14-15(7-10)27-9-26-14/h1-7H,8-9H2,(H,21,23). The molecule has 1 aliphatic rings. The van der Waals surface area contributed by atoms with Crippen molar-refractivity contribution in [2.75, 3.05) is 6.79 Å². The molecule has 136 valence electrons. The molecule has 0 aliphatic carbocycles. The van der Waals surface area contributed by atoms with Crippen LogP contribution in [0.25, 0.3) is 10.8 Å². The Labute approximate surface area is 151 Å². The number of nitro groups is 1. The Balaban J connectivity index is 1.63. The topological polar surface area (TPSA) is 104 Å². The van der Waals surface area contributed by atoms with Crippen LogP contribution in [-0.2, 0) is 6.54 Å². The minimum Gasteiger partial charge on any atom is -0.454 e. The largest absolute Gasteiger partial charge is 0.454 e. The predicted octanol–water partition coefficient (Wildman–Crippen LogP) is 2.94. The van der Waals surface area contributed by atoms with Crippen LogP contribution in [-0.4, -0.2) is 22.6 Å². The number of nitrogens with zero attached hydrogens (tertiary/aromatic N) is 2. The quantitative estimate of drug-likeness (QED) is 0.560. The molecule has 1 aromatic heterocycles. The minimum absolute atomic E-state index is 0.0169. The number of rotatable bonds is 4. The molecular weight excluding hydrogens is 357 g/mol. The summed E-state index contributed by atoms with van der Waals surface area (Å²) in [6.45, 7) is 0.285. The van der Waals surface area contributed by atoms with Gasteiger partial charge in [-0.15, -0.1) is 0 Å². The van der Waals surface area contributed by atoms with Gasteiger partial charge in [0.05, 0.1) is 15.7 Å². The number of nitrogens with one attached hydrogen (secondary N) is 1. The average Bonchev–Trinajstić information content (AvgIpc) is 3.13. The molecule has 0 saturated carbocycles. The number of fused-ring (bicyclic) bond motifs is 2. The smallest absolute Gasteiger partial charge is 0.277 e. The Morgan fingerprint density at radius 2 is 2.04 bits per heavy atom. The van der Waals surface area contributed by atoms with E-state index in [0.717, 1.165) is 17.7 Å². The van der Waals surface area contributed by atoms with Gasteiger partial charge in [0.15, 0.2) is 11.5 Å². The van der Waals surface area contributed by atoms with E-state index in [1.165, 1.54) is 12.3 Å². The number of benzene rings is 2. The number of hydrogen-bond acceptors (Lipinski definition) is 6. The van der Waals surface area contributed by atoms with Gasteiger partial charge in [0.1, 0.15) is 11.5 Å². The second-order valence-corrected chi connectivity index (χ2v) is 5.78. The molecular formula is C18H12FN3O5. The Hall–Kier alpha value is -3.75. The molecule has 3 aromatic rings. The van der Waals surface area contributed by atoms with Crippen molar-refractivity contribution in [2.24, 2.45) is 0 Å². The van der Waals surface area contributed by atoms with Crippen LogP contribution < -0.4 is 14.8 Å². The Morgan fingerprint density at radius 1 is 1.22 bits per heavy atom. The average molecular weight is 369 g/mol. The molecule has 0 bridgehead atoms. The van der Waals surface area contributed by atoms with Gasteiger partial charge < -0.3 is 14.8 Å². The summed E-state index contributed by atoms with van der Waals surface area (Å²) in [5.41, 5.74) is 0.243. The van der Waals surface area contributed by atoms with E-state index < -0.39 is 16.6 Å². The van der Waals surface area contributed by atoms with E-state index in [4.69, 9.17) is 9.47 Å². The fourth-order valence-electron chi connectivity index (χ4n) is 2.89. The van der Waals surface area contributed by atoms with Crippen molar-refractivity contribution in [1.82, 2.24) is 10.3 Å². The number of carbonyl (C=O) groups is 1. The fraction of sp³-hybridized carbons (Fsp3) is 0.111. The number of non-ortho nitro benzene ring substituents is 1. The van der Waals surface area contributed by atoms with E-state index >= 15 is 0 Å². The van der Waals surface area contributed by atoms with Gasteiger partial charge in [-0.3, -0.25) is 19.9 Å². The van der Waals surface area contributed by atoms with E-state index in [9.17, 15) is 19.3 Å². The van der Waals surface area contributed by atoms with Crippen LogP contribution >= 0.6 is 0 Å². The Kier molecular flexibility index (Phi) is 4.03. The maximum absolute atomic E-state index is 14.3. The molecule has 9 heteroatoms. The molecule has 1 aliphatic heterocycles. The Morgan fingerprint density at radius 3 is 2.85 bits per heavy atom. The maximum Gasteiger partial charge on any atom is 0.277 e. The summed E-state index contributed by atoms with van der Waals surface area (Å²) in [7, 11) is 0. The summed E-state index contributed by atoms with van der Waals surface area (Å²) in [6.07, 6.45) is 1.24. The van der Waals surface area contributed by atoms with Crippen molar-refractivity contribution in [2.45, 2.75) is 6.54 Å². The normalized spacial score (nSPS) is 12.2. The lowest BCUT2D eigenvalue weighted by Gasteiger charge is -2.09. The molecule has 2 heterocycles. The molecule has 0 saturated heterocycles. The first-order valence-corrected chi connectivity index (χ1v) is 7.93. The van der Waals surface area contributed by atoms with E-state index in [1.54, 1.807) is 18.2 Å². The summed E-state index contributed by atoms with van der Waals surface area (Å²) in [4.78, 5) is 27.0. The number of pyridine rings is 1. The number of hydrogen-bond donors (Lipinski definition) is 1. The molecule has 8 nitrogen and oxygen atoms in total. The van der Waals surface area contributed by atoms with Crippen LogP contribution in [0.4, 0.5) is 10.1 Å². The first kappa shape index (κ1) is 16.7. The van der Waals surface area contributed by atoms with Crippen molar-refractivity contribution in [3.63, 3.8) is 0 Å². The van der Waals surface area contributed by atoms with Crippen molar-refractivity contribution < 1.29 is 23.6 Å². The Bertz CT molecular complexity index is 1090. The van der Waals surface area contributed by atoms with Crippen LogP contribution in [0.3, 0.4) is 0 Å². The number of carbonyl (C=O) groups excluding carboxylic acids is 1. The number of ether oxygens (including phenoxy) is 2. The molecule has 27 heavy (non-hydrogen) atoms. The molecule has 0 unspecified atom stereocenters. The molecule has 4 rings (SSSR count). The number of aromatic nitrogens is 1. The first-order chi connectivity index (χ1) is 13.0. The van der Waals surface area contributed by atoms with Crippen LogP contribution in [0.15, 0.2) is 42.6 Å². The summed E-state index contributed by atoms with van der Waals surface area (Å²) in [5.74, 6) is -0.198. The summed E-state index contributed by atoms with van der Waals surface area (Å²) >= 11 is 0. The van der Waals surface area contributed by atoms with Gasteiger partial charge in [-0.25, -0.2) is 4.39 Å². The van der Waals surface area contributed by atoms with Crippen LogP contribution in [0.5, 0.6) is 11.5 Å².